The van der Waals surface area contributed by atoms with Gasteiger partial charge in [0, 0.05) is 103 Å². The van der Waals surface area contributed by atoms with Crippen molar-refractivity contribution in [3.63, 3.8) is 0 Å². The molecule has 3 saturated carbocycles. The van der Waals surface area contributed by atoms with Crippen molar-refractivity contribution >= 4 is 143 Å². The number of hydrogen-bond donors (Lipinski definition) is 0. The van der Waals surface area contributed by atoms with Gasteiger partial charge < -0.3 is 34.1 Å². The molecule has 0 saturated heterocycles. The molecule has 130 heavy (non-hydrogen) atoms. The number of ether oxygens (including phenoxy) is 1. The maximum Gasteiger partial charge on any atom is 0.256 e. The van der Waals surface area contributed by atoms with E-state index in [-0.39, 0.29) is 19.5 Å². The molecular weight excluding hydrogens is 1570 g/mol. The van der Waals surface area contributed by atoms with Gasteiger partial charge in [0.25, 0.3) is 13.4 Å². The highest BCUT2D eigenvalue weighted by molar-refractivity contribution is 7.01. The van der Waals surface area contributed by atoms with Gasteiger partial charge in [-0.25, -0.2) is 0 Å². The molecule has 1 spiro atoms. The molecule has 0 bridgehead atoms. The minimum Gasteiger partial charge on any atom is -0.458 e. The Labute approximate surface area is 764 Å². The summed E-state index contributed by atoms with van der Waals surface area (Å²) in [6.07, 6.45) is 16.5. The molecule has 3 fully saturated rings. The van der Waals surface area contributed by atoms with E-state index in [9.17, 15) is 0 Å². The van der Waals surface area contributed by atoms with Crippen molar-refractivity contribution < 1.29 is 4.74 Å². The van der Waals surface area contributed by atoms with Gasteiger partial charge in [-0.05, 0) is 223 Å². The Morgan fingerprint density at radius 2 is 0.662 bits per heavy atom. The zero-order valence-electron chi connectivity index (χ0n) is 73.0. The minimum absolute atomic E-state index is 0.157. The van der Waals surface area contributed by atoms with E-state index < -0.39 is 5.41 Å². The predicted molar refractivity (Wildman–Crippen MR) is 544 cm³/mol. The molecule has 0 aromatic heterocycles. The van der Waals surface area contributed by atoms with Crippen molar-refractivity contribution in [1.29, 1.82) is 0 Å². The lowest BCUT2D eigenvalue weighted by Crippen LogP contribution is -2.62. The molecule has 7 nitrogen and oxygen atoms in total. The first-order valence-corrected chi connectivity index (χ1v) is 47.7. The summed E-state index contributed by atoms with van der Waals surface area (Å²) < 4.78 is 8.50. The molecule has 26 rings (SSSR count). The van der Waals surface area contributed by atoms with Gasteiger partial charge >= 0.3 is 0 Å². The van der Waals surface area contributed by atoms with Gasteiger partial charge in [-0.2, -0.15) is 0 Å². The lowest BCUT2D eigenvalue weighted by Gasteiger charge is -2.56. The Morgan fingerprint density at radius 1 is 0.254 bits per heavy atom. The fourth-order valence-corrected chi connectivity index (χ4v) is 25.8. The lowest BCUT2D eigenvalue weighted by atomic mass is 9.33. The van der Waals surface area contributed by atoms with E-state index >= 15 is 0 Å². The average Bonchev–Trinajstić information content (AvgIpc) is 1.35. The molecule has 624 valence electrons. The van der Waals surface area contributed by atoms with Crippen LogP contribution in [0.15, 0.2) is 406 Å². The second-order valence-electron chi connectivity index (χ2n) is 37.6. The summed E-state index contributed by atoms with van der Waals surface area (Å²) in [4.78, 5) is 16.0. The van der Waals surface area contributed by atoms with Gasteiger partial charge in [-0.1, -0.05) is 356 Å². The Morgan fingerprint density at radius 3 is 1.22 bits per heavy atom. The molecule has 2 atom stereocenters. The van der Waals surface area contributed by atoms with E-state index in [0.717, 1.165) is 107 Å². The van der Waals surface area contributed by atoms with E-state index in [2.05, 4.69) is 436 Å². The Hall–Kier alpha value is -14.5. The molecule has 17 aromatic rings. The number of fused-ring (bicyclic) bond motifs is 17. The summed E-state index contributed by atoms with van der Waals surface area (Å²) in [6, 6.07) is 155. The predicted octanol–water partition coefficient (Wildman–Crippen LogP) is 28.2. The number of para-hydroxylation sites is 9. The van der Waals surface area contributed by atoms with Gasteiger partial charge in [-0.15, -0.1) is 0 Å². The van der Waals surface area contributed by atoms with Crippen LogP contribution in [0.2, 0.25) is 0 Å². The summed E-state index contributed by atoms with van der Waals surface area (Å²) in [5, 5.41) is 0. The highest BCUT2D eigenvalue weighted by atomic mass is 16.5. The first kappa shape index (κ1) is 76.7. The Kier molecular flexibility index (Phi) is 18.6. The van der Waals surface area contributed by atoms with Gasteiger partial charge in [0.15, 0.2) is 0 Å². The molecule has 5 aliphatic heterocycles. The largest absolute Gasteiger partial charge is 0.458 e. The highest BCUT2D eigenvalue weighted by Gasteiger charge is 2.58. The standard InChI is InChI=1S/C121H98B2N6O/c1-10-41-81(42-11-1)92-59-30-36-69-106(92)125(87-53-22-7-23-54-87)91-75-115-119-117(76-91)130-116-80-111-101(78-105(116)123(119)103-68-35-39-72-109(103)128(115)107-70-37-31-60-93(107)82-43-12-2-13-44-82)121(98-65-32-28-61-96(98)97-62-29-33-66-99(97)121)100-77-104-112(79-110(100)129(111)120-94(83-45-14-3-15-46-83)63-40-64-95(120)84-47-16-4-17-48-84)127(89-57-26-9-27-58-89)114-74-90(124(85-49-18-5-19-50-85)86-51-20-6-21-52-86)73-113-118(114)122(104)102-67-34-38-71-108(102)126(113)88-55-24-8-25-56-88/h1-2,5-13,18-39,41-44,49-62,65-80,83-84,94-95,120H,3-4,14-17,40,45-48,63-64H2. The van der Waals surface area contributed by atoms with Crippen molar-refractivity contribution in [2.45, 2.75) is 94.9 Å². The molecule has 0 radical (unpaired) electrons. The molecule has 2 unspecified atom stereocenters. The van der Waals surface area contributed by atoms with Gasteiger partial charge in [0.1, 0.15) is 11.5 Å². The van der Waals surface area contributed by atoms with E-state index in [1.54, 1.807) is 0 Å². The Bertz CT molecular complexity index is 7120. The van der Waals surface area contributed by atoms with Crippen LogP contribution in [0.4, 0.5) is 96.7 Å². The Balaban J connectivity index is 0.791. The monoisotopic (exact) mass is 1670 g/mol. The summed E-state index contributed by atoms with van der Waals surface area (Å²) in [5.74, 6) is 3.79. The molecule has 0 amide bonds. The highest BCUT2D eigenvalue weighted by Crippen LogP contribution is 2.67. The van der Waals surface area contributed by atoms with Crippen LogP contribution in [-0.4, -0.2) is 19.5 Å². The number of nitrogens with zero attached hydrogens (tertiary/aromatic N) is 6. The first-order valence-electron chi connectivity index (χ1n) is 47.7. The molecular formula is C121H98B2N6O. The van der Waals surface area contributed by atoms with E-state index in [0.29, 0.717) is 23.7 Å². The normalized spacial score (nSPS) is 17.5. The van der Waals surface area contributed by atoms with Gasteiger partial charge in [0.2, 0.25) is 0 Å². The maximum absolute atomic E-state index is 8.50. The quantitative estimate of drug-likeness (QED) is 0.100. The summed E-state index contributed by atoms with van der Waals surface area (Å²) >= 11 is 0. The van der Waals surface area contributed by atoms with Crippen molar-refractivity contribution in [3.05, 3.63) is 429 Å². The van der Waals surface area contributed by atoms with E-state index in [1.165, 1.54) is 173 Å². The van der Waals surface area contributed by atoms with Crippen molar-refractivity contribution in [1.82, 2.24) is 0 Å². The fraction of sp³-hybridized carbons (Fsp3) is 0.157. The average molecular weight is 1670 g/mol. The third-order valence-electron chi connectivity index (χ3n) is 30.9. The smallest absolute Gasteiger partial charge is 0.256 e. The van der Waals surface area contributed by atoms with E-state index in [1.807, 2.05) is 0 Å². The SMILES string of the molecule is c1ccc(-c2ccccc2N(c2ccccc2)c2cc3c4c(c2)N(c2ccccc2-c2ccccc2)c2ccccc2B4c2cc4c(cc2O3)N(C2C(C3CCCCC3)CCCC2C2CCCCC2)c2cc3c(cc2C42c4ccccc4-c4ccccc42)B2c4ccccc4N(c4ccccc4)c4cc(N(c5ccccc5)c5ccccc5)cc(c42)N3c2ccccc2)cc1. The van der Waals surface area contributed by atoms with Crippen LogP contribution in [0.25, 0.3) is 33.4 Å². The fourth-order valence-electron chi connectivity index (χ4n) is 25.8. The van der Waals surface area contributed by atoms with Crippen molar-refractivity contribution in [2.75, 3.05) is 29.4 Å². The van der Waals surface area contributed by atoms with Gasteiger partial charge in [0.05, 0.1) is 28.2 Å². The van der Waals surface area contributed by atoms with Crippen LogP contribution in [0.5, 0.6) is 11.5 Å². The number of hydrogen-bond acceptors (Lipinski definition) is 7. The second-order valence-corrected chi connectivity index (χ2v) is 37.6. The van der Waals surface area contributed by atoms with E-state index in [4.69, 9.17) is 4.74 Å². The minimum atomic E-state index is -0.876. The summed E-state index contributed by atoms with van der Waals surface area (Å²) in [5.41, 5.74) is 38.3. The zero-order valence-corrected chi connectivity index (χ0v) is 73.0. The second kappa shape index (κ2) is 31.5. The van der Waals surface area contributed by atoms with Crippen molar-refractivity contribution in [3.8, 4) is 44.9 Å². The molecule has 9 heteroatoms. The number of rotatable bonds is 14. The number of anilines is 17. The first-order chi connectivity index (χ1) is 64.6. The van der Waals surface area contributed by atoms with Crippen LogP contribution < -0.4 is 66.9 Å². The molecule has 5 heterocycles. The lowest BCUT2D eigenvalue weighted by molar-refractivity contribution is 0.0834. The topological polar surface area (TPSA) is 28.7 Å². The van der Waals surface area contributed by atoms with Crippen LogP contribution in [0.3, 0.4) is 0 Å². The van der Waals surface area contributed by atoms with Crippen LogP contribution in [-0.2, 0) is 5.41 Å². The van der Waals surface area contributed by atoms with Crippen LogP contribution >= 0.6 is 0 Å². The maximum atomic E-state index is 8.50. The third-order valence-corrected chi connectivity index (χ3v) is 30.9. The van der Waals surface area contributed by atoms with Crippen LogP contribution in [0.1, 0.15) is 106 Å². The molecule has 17 aromatic carbocycles. The molecule has 4 aliphatic carbocycles. The van der Waals surface area contributed by atoms with Crippen LogP contribution in [0, 0.1) is 23.7 Å². The summed E-state index contributed by atoms with van der Waals surface area (Å²) in [7, 11) is 0. The third kappa shape index (κ3) is 12.0. The summed E-state index contributed by atoms with van der Waals surface area (Å²) in [6.45, 7) is -0.496. The number of benzene rings is 17. The molecule has 0 N–H and O–H groups in total. The molecule has 9 aliphatic rings. The van der Waals surface area contributed by atoms with Crippen molar-refractivity contribution in [2.24, 2.45) is 23.7 Å². The zero-order chi connectivity index (χ0) is 85.5. The van der Waals surface area contributed by atoms with Gasteiger partial charge in [-0.3, -0.25) is 0 Å².